The molecule has 0 unspecified atom stereocenters. The van der Waals surface area contributed by atoms with Crippen molar-refractivity contribution in [2.75, 3.05) is 30.5 Å². The summed E-state index contributed by atoms with van der Waals surface area (Å²) in [7, 11) is 2.03. The maximum Gasteiger partial charge on any atom is 0.228 e. The molecule has 1 amide bonds. The lowest BCUT2D eigenvalue weighted by atomic mass is 10.2. The van der Waals surface area contributed by atoms with Gasteiger partial charge in [-0.2, -0.15) is 0 Å². The predicted octanol–water partition coefficient (Wildman–Crippen LogP) is 1.87. The van der Waals surface area contributed by atoms with Crippen LogP contribution in [0.4, 0.5) is 10.9 Å². The molecule has 4 rings (SSSR count). The van der Waals surface area contributed by atoms with Crippen molar-refractivity contribution in [3.8, 4) is 0 Å². The van der Waals surface area contributed by atoms with Crippen LogP contribution in [0.2, 0.25) is 0 Å². The van der Waals surface area contributed by atoms with Crippen LogP contribution in [0.25, 0.3) is 10.2 Å². The number of carbonyl (C=O) groups is 1. The first kappa shape index (κ1) is 13.0. The van der Waals surface area contributed by atoms with E-state index in [9.17, 15) is 4.79 Å². The minimum Gasteiger partial charge on any atom is -0.377 e. The van der Waals surface area contributed by atoms with Gasteiger partial charge >= 0.3 is 0 Å². The first-order valence-corrected chi connectivity index (χ1v) is 7.91. The standard InChI is InChI=1S/C14H16N4O2S/c1-18(9-6-20-7-9)14-16-10-4-5-15-12(11(10)21-14)17-13(19)8-2-3-8/h4-5,8-9H,2-3,6-7H2,1H3,(H,15,17,19). The SMILES string of the molecule is CN(c1nc2ccnc(NC(=O)C3CC3)c2s1)C1COC1. The van der Waals surface area contributed by atoms with Crippen molar-refractivity contribution in [3.63, 3.8) is 0 Å². The van der Waals surface area contributed by atoms with E-state index in [1.165, 1.54) is 0 Å². The van der Waals surface area contributed by atoms with Gasteiger partial charge in [0.15, 0.2) is 10.9 Å². The van der Waals surface area contributed by atoms with E-state index >= 15 is 0 Å². The van der Waals surface area contributed by atoms with E-state index in [4.69, 9.17) is 4.74 Å². The Morgan fingerprint density at radius 1 is 1.48 bits per heavy atom. The highest BCUT2D eigenvalue weighted by Gasteiger charge is 2.30. The minimum atomic E-state index is 0.0747. The number of hydrogen-bond donors (Lipinski definition) is 1. The van der Waals surface area contributed by atoms with E-state index in [-0.39, 0.29) is 11.8 Å². The summed E-state index contributed by atoms with van der Waals surface area (Å²) in [5, 5.41) is 3.87. The zero-order valence-corrected chi connectivity index (χ0v) is 12.5. The Bertz CT molecular complexity index is 693. The largest absolute Gasteiger partial charge is 0.377 e. The average molecular weight is 304 g/mol. The van der Waals surface area contributed by atoms with Crippen LogP contribution in [0, 0.1) is 5.92 Å². The molecule has 1 aliphatic heterocycles. The van der Waals surface area contributed by atoms with Crippen LogP contribution in [-0.2, 0) is 9.53 Å². The fourth-order valence-corrected chi connectivity index (χ4v) is 3.29. The van der Waals surface area contributed by atoms with Crippen LogP contribution >= 0.6 is 11.3 Å². The second kappa shape index (κ2) is 4.92. The number of anilines is 2. The van der Waals surface area contributed by atoms with E-state index < -0.39 is 0 Å². The Kier molecular flexibility index (Phi) is 3.04. The lowest BCUT2D eigenvalue weighted by Crippen LogP contribution is -2.47. The van der Waals surface area contributed by atoms with Gasteiger partial charge in [0.25, 0.3) is 0 Å². The average Bonchev–Trinajstić information content (AvgIpc) is 3.16. The molecule has 1 aliphatic carbocycles. The van der Waals surface area contributed by atoms with Crippen molar-refractivity contribution in [2.45, 2.75) is 18.9 Å². The Morgan fingerprint density at radius 3 is 2.95 bits per heavy atom. The summed E-state index contributed by atoms with van der Waals surface area (Å²) in [4.78, 5) is 23.0. The molecule has 1 saturated heterocycles. The third-order valence-electron chi connectivity index (χ3n) is 3.95. The number of nitrogens with zero attached hydrogens (tertiary/aromatic N) is 3. The Morgan fingerprint density at radius 2 is 2.29 bits per heavy atom. The van der Waals surface area contributed by atoms with Gasteiger partial charge < -0.3 is 15.0 Å². The van der Waals surface area contributed by atoms with Gasteiger partial charge in [0, 0.05) is 19.2 Å². The van der Waals surface area contributed by atoms with Crippen molar-refractivity contribution in [2.24, 2.45) is 5.92 Å². The molecule has 2 aromatic rings. The fourth-order valence-electron chi connectivity index (χ4n) is 2.25. The van der Waals surface area contributed by atoms with Crippen molar-refractivity contribution in [1.29, 1.82) is 0 Å². The maximum absolute atomic E-state index is 11.9. The topological polar surface area (TPSA) is 67.4 Å². The summed E-state index contributed by atoms with van der Waals surface area (Å²) in [6.45, 7) is 1.49. The molecule has 0 spiro atoms. The number of carbonyl (C=O) groups excluding carboxylic acids is 1. The zero-order valence-electron chi connectivity index (χ0n) is 11.7. The predicted molar refractivity (Wildman–Crippen MR) is 81.8 cm³/mol. The number of hydrogen-bond acceptors (Lipinski definition) is 6. The van der Waals surface area contributed by atoms with Crippen LogP contribution in [0.15, 0.2) is 12.3 Å². The summed E-state index contributed by atoms with van der Waals surface area (Å²) < 4.78 is 6.17. The molecule has 3 heterocycles. The summed E-state index contributed by atoms with van der Waals surface area (Å²) in [6, 6.07) is 2.27. The van der Waals surface area contributed by atoms with Crippen LogP contribution < -0.4 is 10.2 Å². The van der Waals surface area contributed by atoms with E-state index in [1.54, 1.807) is 17.5 Å². The summed E-state index contributed by atoms with van der Waals surface area (Å²) >= 11 is 1.57. The number of ether oxygens (including phenoxy) is 1. The Balaban J connectivity index is 1.64. The van der Waals surface area contributed by atoms with Gasteiger partial charge in [-0.05, 0) is 18.9 Å². The van der Waals surface area contributed by atoms with Gasteiger partial charge in [-0.25, -0.2) is 9.97 Å². The summed E-state index contributed by atoms with van der Waals surface area (Å²) in [6.07, 6.45) is 3.67. The van der Waals surface area contributed by atoms with E-state index in [0.717, 1.165) is 41.4 Å². The first-order valence-electron chi connectivity index (χ1n) is 7.09. The molecular formula is C14H16N4O2S. The molecular weight excluding hydrogens is 288 g/mol. The Labute approximate surface area is 126 Å². The van der Waals surface area contributed by atoms with Crippen molar-refractivity contribution in [1.82, 2.24) is 9.97 Å². The quantitative estimate of drug-likeness (QED) is 0.934. The molecule has 0 aromatic carbocycles. The number of thiazole rings is 1. The number of pyridine rings is 1. The maximum atomic E-state index is 11.9. The lowest BCUT2D eigenvalue weighted by molar-refractivity contribution is -0.117. The molecule has 0 bridgehead atoms. The molecule has 110 valence electrons. The molecule has 6 nitrogen and oxygen atoms in total. The van der Waals surface area contributed by atoms with E-state index in [0.29, 0.717) is 11.9 Å². The summed E-state index contributed by atoms with van der Waals surface area (Å²) in [5.74, 6) is 0.876. The highest BCUT2D eigenvalue weighted by atomic mass is 32.1. The number of likely N-dealkylation sites (N-methyl/N-ethyl adjacent to an activating group) is 1. The molecule has 21 heavy (non-hydrogen) atoms. The molecule has 0 radical (unpaired) electrons. The number of fused-ring (bicyclic) bond motifs is 1. The molecule has 7 heteroatoms. The van der Waals surface area contributed by atoms with E-state index in [1.807, 2.05) is 13.1 Å². The monoisotopic (exact) mass is 304 g/mol. The first-order chi connectivity index (χ1) is 10.2. The minimum absolute atomic E-state index is 0.0747. The van der Waals surface area contributed by atoms with Gasteiger partial charge in [0.1, 0.15) is 0 Å². The molecule has 1 saturated carbocycles. The molecule has 2 aromatic heterocycles. The van der Waals surface area contributed by atoms with Gasteiger partial charge in [0.2, 0.25) is 5.91 Å². The van der Waals surface area contributed by atoms with Gasteiger partial charge in [0.05, 0.1) is 29.5 Å². The zero-order chi connectivity index (χ0) is 14.4. The van der Waals surface area contributed by atoms with Crippen LogP contribution in [0.1, 0.15) is 12.8 Å². The number of nitrogens with one attached hydrogen (secondary N) is 1. The second-order valence-electron chi connectivity index (χ2n) is 5.57. The third-order valence-corrected chi connectivity index (χ3v) is 5.12. The van der Waals surface area contributed by atoms with Gasteiger partial charge in [-0.1, -0.05) is 11.3 Å². The third kappa shape index (κ3) is 2.36. The highest BCUT2D eigenvalue weighted by molar-refractivity contribution is 7.22. The molecule has 2 fully saturated rings. The molecule has 2 aliphatic rings. The Hall–Kier alpha value is -1.73. The van der Waals surface area contributed by atoms with Crippen molar-refractivity contribution >= 4 is 38.4 Å². The fraction of sp³-hybridized carbons (Fsp3) is 0.500. The second-order valence-corrected chi connectivity index (χ2v) is 6.55. The van der Waals surface area contributed by atoms with Crippen molar-refractivity contribution < 1.29 is 9.53 Å². The summed E-state index contributed by atoms with van der Waals surface area (Å²) in [5.41, 5.74) is 0.878. The van der Waals surface area contributed by atoms with Crippen LogP contribution in [0.5, 0.6) is 0 Å². The number of rotatable bonds is 4. The molecule has 1 N–H and O–H groups in total. The lowest BCUT2D eigenvalue weighted by Gasteiger charge is -2.34. The van der Waals surface area contributed by atoms with Crippen molar-refractivity contribution in [3.05, 3.63) is 12.3 Å². The van der Waals surface area contributed by atoms with E-state index in [2.05, 4.69) is 20.2 Å². The van der Waals surface area contributed by atoms with Gasteiger partial charge in [-0.15, -0.1) is 0 Å². The van der Waals surface area contributed by atoms with Gasteiger partial charge in [-0.3, -0.25) is 4.79 Å². The number of amides is 1. The highest BCUT2D eigenvalue weighted by Crippen LogP contribution is 2.35. The smallest absolute Gasteiger partial charge is 0.228 e. The number of aromatic nitrogens is 2. The molecule has 0 atom stereocenters. The normalized spacial score (nSPS) is 18.5. The van der Waals surface area contributed by atoms with Crippen LogP contribution in [0.3, 0.4) is 0 Å². The van der Waals surface area contributed by atoms with Crippen LogP contribution in [-0.4, -0.2) is 42.2 Å².